The highest BCUT2D eigenvalue weighted by Crippen LogP contribution is 2.20. The van der Waals surface area contributed by atoms with Gasteiger partial charge < -0.3 is 5.32 Å². The van der Waals surface area contributed by atoms with Gasteiger partial charge in [-0.2, -0.15) is 5.10 Å². The molecule has 32 heavy (non-hydrogen) atoms. The molecule has 8 nitrogen and oxygen atoms in total. The zero-order valence-corrected chi connectivity index (χ0v) is 19.7. The molecular formula is C23H35ClN4O4. The van der Waals surface area contributed by atoms with Crippen molar-refractivity contribution in [3.63, 3.8) is 0 Å². The maximum atomic E-state index is 11.8. The summed E-state index contributed by atoms with van der Waals surface area (Å²) in [6.45, 7) is 2.04. The number of nitro benzene ring substituents is 1. The number of halogens is 1. The Morgan fingerprint density at radius 3 is 2.19 bits per heavy atom. The lowest BCUT2D eigenvalue weighted by Gasteiger charge is -2.05. The van der Waals surface area contributed by atoms with Gasteiger partial charge in [0, 0.05) is 29.1 Å². The lowest BCUT2D eigenvalue weighted by Crippen LogP contribution is -2.34. The number of carbonyl (C=O) groups is 2. The van der Waals surface area contributed by atoms with E-state index in [1.54, 1.807) is 0 Å². The largest absolute Gasteiger partial charge is 0.347 e. The fourth-order valence-electron chi connectivity index (χ4n) is 3.17. The van der Waals surface area contributed by atoms with E-state index in [2.05, 4.69) is 22.8 Å². The zero-order chi connectivity index (χ0) is 23.6. The quantitative estimate of drug-likeness (QED) is 0.136. The van der Waals surface area contributed by atoms with Crippen LogP contribution < -0.4 is 10.7 Å². The first-order valence-electron chi connectivity index (χ1n) is 11.5. The van der Waals surface area contributed by atoms with Gasteiger partial charge in [0.05, 0.1) is 17.7 Å². The predicted molar refractivity (Wildman–Crippen MR) is 128 cm³/mol. The van der Waals surface area contributed by atoms with Crippen molar-refractivity contribution < 1.29 is 14.5 Å². The van der Waals surface area contributed by atoms with Crippen LogP contribution in [0.5, 0.6) is 0 Å². The van der Waals surface area contributed by atoms with Crippen LogP contribution in [0.1, 0.15) is 89.5 Å². The van der Waals surface area contributed by atoms with Gasteiger partial charge in [0.1, 0.15) is 0 Å². The molecule has 9 heteroatoms. The van der Waals surface area contributed by atoms with E-state index in [-0.39, 0.29) is 23.2 Å². The predicted octanol–water partition coefficient (Wildman–Crippen LogP) is 5.52. The number of amides is 2. The number of non-ortho nitro benzene ring substituents is 1. The average Bonchev–Trinajstić information content (AvgIpc) is 2.77. The Hall–Kier alpha value is -2.48. The fraction of sp³-hybridized carbons (Fsp3) is 0.609. The second-order valence-electron chi connectivity index (χ2n) is 7.82. The van der Waals surface area contributed by atoms with Crippen molar-refractivity contribution in [2.75, 3.05) is 6.54 Å². The van der Waals surface area contributed by atoms with Gasteiger partial charge in [0.2, 0.25) is 5.91 Å². The van der Waals surface area contributed by atoms with E-state index in [4.69, 9.17) is 11.6 Å². The molecule has 178 valence electrons. The molecule has 1 aromatic rings. The minimum absolute atomic E-state index is 0.128. The van der Waals surface area contributed by atoms with Crippen LogP contribution in [0.3, 0.4) is 0 Å². The van der Waals surface area contributed by atoms with E-state index in [1.165, 1.54) is 75.8 Å². The minimum Gasteiger partial charge on any atom is -0.347 e. The normalized spacial score (nSPS) is 10.9. The Bertz CT molecular complexity index is 756. The summed E-state index contributed by atoms with van der Waals surface area (Å²) in [7, 11) is 0. The molecule has 0 aliphatic carbocycles. The van der Waals surface area contributed by atoms with Crippen LogP contribution in [-0.4, -0.2) is 29.5 Å². The van der Waals surface area contributed by atoms with Crippen molar-refractivity contribution >= 4 is 35.3 Å². The van der Waals surface area contributed by atoms with Gasteiger partial charge in [0.15, 0.2) is 0 Å². The number of nitrogens with zero attached hydrogens (tertiary/aromatic N) is 2. The van der Waals surface area contributed by atoms with E-state index in [9.17, 15) is 19.7 Å². The molecule has 0 aromatic heterocycles. The monoisotopic (exact) mass is 466 g/mol. The van der Waals surface area contributed by atoms with E-state index in [0.29, 0.717) is 12.0 Å². The highest BCUT2D eigenvalue weighted by Gasteiger charge is 2.09. The smallest absolute Gasteiger partial charge is 0.270 e. The van der Waals surface area contributed by atoms with E-state index < -0.39 is 10.8 Å². The Morgan fingerprint density at radius 1 is 1.00 bits per heavy atom. The molecule has 0 heterocycles. The average molecular weight is 467 g/mol. The second kappa shape index (κ2) is 17.1. The molecule has 0 unspecified atom stereocenters. The molecule has 1 rings (SSSR count). The molecule has 0 fully saturated rings. The Morgan fingerprint density at radius 2 is 1.59 bits per heavy atom. The van der Waals surface area contributed by atoms with Crippen molar-refractivity contribution in [2.24, 2.45) is 5.10 Å². The lowest BCUT2D eigenvalue weighted by atomic mass is 10.1. The van der Waals surface area contributed by atoms with Gasteiger partial charge in [-0.1, -0.05) is 82.7 Å². The molecule has 1 aromatic carbocycles. The van der Waals surface area contributed by atoms with Crippen molar-refractivity contribution in [1.29, 1.82) is 0 Å². The summed E-state index contributed by atoms with van der Waals surface area (Å²) >= 11 is 5.95. The van der Waals surface area contributed by atoms with Crippen LogP contribution in [0.15, 0.2) is 23.3 Å². The van der Waals surface area contributed by atoms with Crippen molar-refractivity contribution in [2.45, 2.75) is 84.0 Å². The molecule has 2 amide bonds. The third-order valence-electron chi connectivity index (χ3n) is 5.04. The van der Waals surface area contributed by atoms with Gasteiger partial charge >= 0.3 is 0 Å². The van der Waals surface area contributed by atoms with Crippen molar-refractivity contribution in [1.82, 2.24) is 10.7 Å². The van der Waals surface area contributed by atoms with Gasteiger partial charge in [-0.25, -0.2) is 5.43 Å². The molecule has 0 aliphatic heterocycles. The summed E-state index contributed by atoms with van der Waals surface area (Å²) in [5.74, 6) is -0.656. The molecular weight excluding hydrogens is 432 g/mol. The zero-order valence-electron chi connectivity index (χ0n) is 18.9. The molecule has 0 bridgehead atoms. The highest BCUT2D eigenvalue weighted by atomic mass is 35.5. The highest BCUT2D eigenvalue weighted by molar-refractivity contribution is 6.33. The van der Waals surface area contributed by atoms with Crippen LogP contribution in [0.25, 0.3) is 0 Å². The summed E-state index contributed by atoms with van der Waals surface area (Å²) in [6, 6.07) is 3.93. The van der Waals surface area contributed by atoms with Gasteiger partial charge in [-0.3, -0.25) is 19.7 Å². The minimum atomic E-state index is -0.544. The number of nitro groups is 1. The summed E-state index contributed by atoms with van der Waals surface area (Å²) in [5.41, 5.74) is 2.44. The maximum absolute atomic E-state index is 11.8. The molecule has 0 radical (unpaired) electrons. The standard InChI is InChI=1S/C23H35ClN4O4/c1-2-3-4-5-6-7-8-9-10-11-12-13-22(29)25-18-23(30)27-26-17-19-16-20(28(31)32)14-15-21(19)24/h14-17H,2-13,18H2,1H3,(H,25,29)(H,27,30)/b26-17+. The van der Waals surface area contributed by atoms with Crippen LogP contribution in [0.4, 0.5) is 5.69 Å². The topological polar surface area (TPSA) is 114 Å². The third kappa shape index (κ3) is 13.0. The third-order valence-corrected chi connectivity index (χ3v) is 5.38. The maximum Gasteiger partial charge on any atom is 0.270 e. The van der Waals surface area contributed by atoms with E-state index >= 15 is 0 Å². The fourth-order valence-corrected chi connectivity index (χ4v) is 3.34. The first kappa shape index (κ1) is 27.6. The number of hydrogen-bond acceptors (Lipinski definition) is 5. The molecule has 0 spiro atoms. The number of hydrazone groups is 1. The van der Waals surface area contributed by atoms with E-state index in [1.807, 2.05) is 0 Å². The van der Waals surface area contributed by atoms with Gasteiger partial charge in [-0.15, -0.1) is 0 Å². The molecule has 2 N–H and O–H groups in total. The first-order chi connectivity index (χ1) is 15.4. The molecule has 0 atom stereocenters. The summed E-state index contributed by atoms with van der Waals surface area (Å²) < 4.78 is 0. The molecule has 0 saturated carbocycles. The van der Waals surface area contributed by atoms with Crippen LogP contribution >= 0.6 is 11.6 Å². The number of benzene rings is 1. The van der Waals surface area contributed by atoms with Crippen LogP contribution in [0, 0.1) is 10.1 Å². The Balaban J connectivity index is 2.10. The SMILES string of the molecule is CCCCCCCCCCCCCC(=O)NCC(=O)N/N=C/c1cc([N+](=O)[O-])ccc1Cl. The Labute approximate surface area is 195 Å². The summed E-state index contributed by atoms with van der Waals surface area (Å²) in [6.07, 6.45) is 15.0. The number of nitrogens with one attached hydrogen (secondary N) is 2. The van der Waals surface area contributed by atoms with Crippen LogP contribution in [-0.2, 0) is 9.59 Å². The van der Waals surface area contributed by atoms with Crippen LogP contribution in [0.2, 0.25) is 5.02 Å². The number of unbranched alkanes of at least 4 members (excludes halogenated alkanes) is 10. The van der Waals surface area contributed by atoms with E-state index in [0.717, 1.165) is 19.3 Å². The number of carbonyl (C=O) groups excluding carboxylic acids is 2. The van der Waals surface area contributed by atoms with Gasteiger partial charge in [0.25, 0.3) is 11.6 Å². The summed E-state index contributed by atoms with van der Waals surface area (Å²) in [4.78, 5) is 33.9. The molecule has 0 saturated heterocycles. The van der Waals surface area contributed by atoms with Gasteiger partial charge in [-0.05, 0) is 12.5 Å². The number of rotatable bonds is 17. The number of hydrogen-bond donors (Lipinski definition) is 2. The second-order valence-corrected chi connectivity index (χ2v) is 8.23. The summed E-state index contributed by atoms with van der Waals surface area (Å²) in [5, 5.41) is 17.4. The first-order valence-corrected chi connectivity index (χ1v) is 11.8. The lowest BCUT2D eigenvalue weighted by molar-refractivity contribution is -0.384. The van der Waals surface area contributed by atoms with Crippen molar-refractivity contribution in [3.8, 4) is 0 Å². The Kier molecular flexibility index (Phi) is 14.7. The van der Waals surface area contributed by atoms with Crippen molar-refractivity contribution in [3.05, 3.63) is 38.9 Å². The molecule has 0 aliphatic rings.